The van der Waals surface area contributed by atoms with Crippen LogP contribution < -0.4 is 16.6 Å². The van der Waals surface area contributed by atoms with Crippen LogP contribution in [0.2, 0.25) is 0 Å². The number of carbonyl (C=O) groups excluding carboxylic acids is 2. The number of thiophene rings is 1. The molecule has 9 nitrogen and oxygen atoms in total. The third kappa shape index (κ3) is 2.78. The Labute approximate surface area is 134 Å². The van der Waals surface area contributed by atoms with Gasteiger partial charge in [0.1, 0.15) is 16.3 Å². The maximum atomic E-state index is 12.4. The lowest BCUT2D eigenvalue weighted by Crippen LogP contribution is -2.36. The van der Waals surface area contributed by atoms with E-state index in [4.69, 9.17) is 4.74 Å². The minimum absolute atomic E-state index is 0.0232. The van der Waals surface area contributed by atoms with Crippen LogP contribution in [0.3, 0.4) is 0 Å². The molecule has 1 N–H and O–H groups in total. The Morgan fingerprint density at radius 2 is 1.83 bits per heavy atom. The number of nitrogens with one attached hydrogen (secondary N) is 1. The molecule has 2 aromatic heterocycles. The van der Waals surface area contributed by atoms with Gasteiger partial charge in [0.15, 0.2) is 0 Å². The van der Waals surface area contributed by atoms with Gasteiger partial charge < -0.3 is 14.8 Å². The second-order valence-electron chi connectivity index (χ2n) is 4.66. The van der Waals surface area contributed by atoms with Crippen LogP contribution in [0.1, 0.15) is 9.67 Å². The van der Waals surface area contributed by atoms with E-state index in [0.717, 1.165) is 15.9 Å². The largest absolute Gasteiger partial charge is 0.465 e. The maximum Gasteiger partial charge on any atom is 0.350 e. The molecule has 2 rings (SSSR count). The highest BCUT2D eigenvalue weighted by Gasteiger charge is 2.25. The Morgan fingerprint density at radius 3 is 2.39 bits per heavy atom. The molecule has 2 aromatic rings. The van der Waals surface area contributed by atoms with Gasteiger partial charge in [-0.1, -0.05) is 0 Å². The van der Waals surface area contributed by atoms with E-state index in [1.807, 2.05) is 0 Å². The molecule has 0 saturated carbocycles. The molecular weight excluding hydrogens is 326 g/mol. The number of hydrogen-bond acceptors (Lipinski definition) is 7. The molecule has 0 aliphatic carbocycles. The fourth-order valence-electron chi connectivity index (χ4n) is 2.08. The van der Waals surface area contributed by atoms with Crippen molar-refractivity contribution in [1.82, 2.24) is 9.13 Å². The number of aryl methyl sites for hydroxylation is 1. The van der Waals surface area contributed by atoms with Gasteiger partial charge in [-0.15, -0.1) is 11.3 Å². The van der Waals surface area contributed by atoms with Crippen LogP contribution >= 0.6 is 11.3 Å². The Balaban J connectivity index is 2.85. The van der Waals surface area contributed by atoms with E-state index in [0.29, 0.717) is 0 Å². The molecule has 0 saturated heterocycles. The minimum atomic E-state index is -0.714. The highest BCUT2D eigenvalue weighted by atomic mass is 32.1. The standard InChI is InChI=1S/C13H15N3O6S/c1-15-10(18)7-8(14-6(17)5-21-3)9(12(19)22-4)23-11(7)16(2)13(15)20/h5H2,1-4H3,(H,14,17). The molecule has 0 unspecified atom stereocenters. The summed E-state index contributed by atoms with van der Waals surface area (Å²) >= 11 is 0.900. The summed E-state index contributed by atoms with van der Waals surface area (Å²) in [4.78, 5) is 48.5. The van der Waals surface area contributed by atoms with E-state index in [2.05, 4.69) is 10.1 Å². The molecule has 0 bridgehead atoms. The summed E-state index contributed by atoms with van der Waals surface area (Å²) < 4.78 is 11.5. The van der Waals surface area contributed by atoms with Crippen LogP contribution in [-0.4, -0.2) is 41.8 Å². The van der Waals surface area contributed by atoms with E-state index in [1.54, 1.807) is 0 Å². The molecule has 0 aliphatic heterocycles. The fraction of sp³-hybridized carbons (Fsp3) is 0.385. The number of esters is 1. The van der Waals surface area contributed by atoms with Crippen molar-refractivity contribution in [3.8, 4) is 0 Å². The van der Waals surface area contributed by atoms with Crippen LogP contribution in [0.25, 0.3) is 10.2 Å². The van der Waals surface area contributed by atoms with Crippen LogP contribution in [0.5, 0.6) is 0 Å². The molecule has 0 aromatic carbocycles. The average Bonchev–Trinajstić information content (AvgIpc) is 2.89. The molecule has 0 fully saturated rings. The second-order valence-corrected chi connectivity index (χ2v) is 5.66. The summed E-state index contributed by atoms with van der Waals surface area (Å²) in [5, 5.41) is 2.55. The van der Waals surface area contributed by atoms with Crippen molar-refractivity contribution in [3.05, 3.63) is 25.7 Å². The Bertz CT molecular complexity index is 907. The van der Waals surface area contributed by atoms with Gasteiger partial charge in [-0.05, 0) is 0 Å². The summed E-state index contributed by atoms with van der Waals surface area (Å²) in [5.74, 6) is -1.25. The zero-order chi connectivity index (χ0) is 17.3. The first-order valence-electron chi connectivity index (χ1n) is 6.43. The minimum Gasteiger partial charge on any atom is -0.465 e. The van der Waals surface area contributed by atoms with Gasteiger partial charge in [0.25, 0.3) is 5.56 Å². The number of carbonyl (C=O) groups is 2. The lowest BCUT2D eigenvalue weighted by atomic mass is 10.2. The maximum absolute atomic E-state index is 12.4. The molecule has 124 valence electrons. The number of amides is 1. The van der Waals surface area contributed by atoms with Crippen LogP contribution in [0, 0.1) is 0 Å². The SMILES string of the molecule is COCC(=O)Nc1c(C(=O)OC)sc2c1c(=O)n(C)c(=O)n2C. The Hall–Kier alpha value is -2.46. The number of nitrogens with zero attached hydrogens (tertiary/aromatic N) is 2. The van der Waals surface area contributed by atoms with Crippen molar-refractivity contribution in [2.24, 2.45) is 14.1 Å². The highest BCUT2D eigenvalue weighted by molar-refractivity contribution is 7.21. The molecule has 0 spiro atoms. The molecular formula is C13H15N3O6S. The smallest absolute Gasteiger partial charge is 0.350 e. The van der Waals surface area contributed by atoms with E-state index < -0.39 is 23.1 Å². The average molecular weight is 341 g/mol. The quantitative estimate of drug-likeness (QED) is 0.763. The molecule has 0 radical (unpaired) electrons. The topological polar surface area (TPSA) is 109 Å². The third-order valence-corrected chi connectivity index (χ3v) is 4.44. The first kappa shape index (κ1) is 16.9. The van der Waals surface area contributed by atoms with E-state index in [-0.39, 0.29) is 27.4 Å². The second kappa shape index (κ2) is 6.34. The first-order valence-corrected chi connectivity index (χ1v) is 7.24. The summed E-state index contributed by atoms with van der Waals surface area (Å²) in [6.45, 7) is -0.246. The van der Waals surface area contributed by atoms with Crippen molar-refractivity contribution in [3.63, 3.8) is 0 Å². The zero-order valence-electron chi connectivity index (χ0n) is 13.0. The van der Waals surface area contributed by atoms with E-state index in [9.17, 15) is 19.2 Å². The lowest BCUT2D eigenvalue weighted by Gasteiger charge is -2.07. The number of hydrogen-bond donors (Lipinski definition) is 1. The Kier molecular flexibility index (Phi) is 4.66. The summed E-state index contributed by atoms with van der Waals surface area (Å²) in [5.41, 5.74) is -1.12. The van der Waals surface area contributed by atoms with Crippen molar-refractivity contribution >= 4 is 39.1 Å². The highest BCUT2D eigenvalue weighted by Crippen LogP contribution is 2.33. The van der Waals surface area contributed by atoms with Gasteiger partial charge in [0.05, 0.1) is 18.2 Å². The zero-order valence-corrected chi connectivity index (χ0v) is 13.8. The number of rotatable bonds is 4. The van der Waals surface area contributed by atoms with Gasteiger partial charge in [-0.2, -0.15) is 0 Å². The van der Waals surface area contributed by atoms with E-state index in [1.165, 1.54) is 32.9 Å². The first-order chi connectivity index (χ1) is 10.8. The molecule has 0 aliphatic rings. The van der Waals surface area contributed by atoms with Gasteiger partial charge in [0, 0.05) is 21.2 Å². The van der Waals surface area contributed by atoms with Crippen molar-refractivity contribution in [1.29, 1.82) is 0 Å². The third-order valence-electron chi connectivity index (χ3n) is 3.20. The summed E-state index contributed by atoms with van der Waals surface area (Å²) in [7, 11) is 5.32. The van der Waals surface area contributed by atoms with Gasteiger partial charge in [0.2, 0.25) is 5.91 Å². The van der Waals surface area contributed by atoms with Crippen molar-refractivity contribution in [2.45, 2.75) is 0 Å². The van der Waals surface area contributed by atoms with Gasteiger partial charge >= 0.3 is 11.7 Å². The number of ether oxygens (including phenoxy) is 2. The van der Waals surface area contributed by atoms with Crippen molar-refractivity contribution in [2.75, 3.05) is 26.1 Å². The van der Waals surface area contributed by atoms with Crippen LogP contribution in [0.4, 0.5) is 5.69 Å². The molecule has 1 amide bonds. The van der Waals surface area contributed by atoms with Crippen LogP contribution in [0.15, 0.2) is 9.59 Å². The molecule has 0 atom stereocenters. The van der Waals surface area contributed by atoms with Crippen LogP contribution in [-0.2, 0) is 28.4 Å². The molecule has 23 heavy (non-hydrogen) atoms. The predicted molar refractivity (Wildman–Crippen MR) is 84.2 cm³/mol. The molecule has 2 heterocycles. The number of anilines is 1. The number of fused-ring (bicyclic) bond motifs is 1. The summed E-state index contributed by atoms with van der Waals surface area (Å²) in [6.07, 6.45) is 0. The normalized spacial score (nSPS) is 10.8. The van der Waals surface area contributed by atoms with Gasteiger partial charge in [-0.25, -0.2) is 9.59 Å². The van der Waals surface area contributed by atoms with E-state index >= 15 is 0 Å². The molecule has 10 heteroatoms. The summed E-state index contributed by atoms with van der Waals surface area (Å²) in [6, 6.07) is 0. The van der Waals surface area contributed by atoms with Gasteiger partial charge in [-0.3, -0.25) is 18.7 Å². The predicted octanol–water partition coefficient (Wildman–Crippen LogP) is -0.330. The Morgan fingerprint density at radius 1 is 1.17 bits per heavy atom. The monoisotopic (exact) mass is 341 g/mol. The van der Waals surface area contributed by atoms with Crippen molar-refractivity contribution < 1.29 is 19.1 Å². The number of aromatic nitrogens is 2. The number of methoxy groups -OCH3 is 2. The fourth-order valence-corrected chi connectivity index (χ4v) is 3.20. The lowest BCUT2D eigenvalue weighted by molar-refractivity contribution is -0.119.